The number of Topliss-reactive ketones (excluding diaryl/α,β-unsaturated/α-hetero) is 1. The number of carbonyl (C=O) groups is 4. The molecule has 3 unspecified atom stereocenters. The SMILES string of the molecule is CCC(=O)N1CC2(CC1C(N)=O)CC2[C@H](C[C@H]1CCNC1=O)C(=O)COC(F)(F)F. The monoisotopic (exact) mass is 433 g/mol. The number of carbonyl (C=O) groups excluding carboxylic acids is 4. The van der Waals surface area contributed by atoms with Gasteiger partial charge >= 0.3 is 6.36 Å². The van der Waals surface area contributed by atoms with Crippen LogP contribution in [0.15, 0.2) is 0 Å². The number of hydrogen-bond acceptors (Lipinski definition) is 5. The molecular weight excluding hydrogens is 407 g/mol. The maximum Gasteiger partial charge on any atom is 0.522 e. The zero-order valence-electron chi connectivity index (χ0n) is 16.7. The van der Waals surface area contributed by atoms with Gasteiger partial charge in [-0.15, -0.1) is 13.2 Å². The molecule has 2 saturated heterocycles. The highest BCUT2D eigenvalue weighted by Crippen LogP contribution is 2.64. The highest BCUT2D eigenvalue weighted by Gasteiger charge is 2.65. The first-order valence-corrected chi connectivity index (χ1v) is 10.1. The molecule has 1 spiro atoms. The predicted molar refractivity (Wildman–Crippen MR) is 96.4 cm³/mol. The number of nitrogens with one attached hydrogen (secondary N) is 1. The summed E-state index contributed by atoms with van der Waals surface area (Å²) in [6.45, 7) is 1.24. The maximum atomic E-state index is 12.7. The smallest absolute Gasteiger partial charge is 0.368 e. The topological polar surface area (TPSA) is 119 Å². The highest BCUT2D eigenvalue weighted by molar-refractivity contribution is 5.88. The number of primary amides is 1. The van der Waals surface area contributed by atoms with Crippen molar-refractivity contribution in [2.24, 2.45) is 28.9 Å². The Morgan fingerprint density at radius 1 is 1.33 bits per heavy atom. The summed E-state index contributed by atoms with van der Waals surface area (Å²) >= 11 is 0. The third-order valence-electron chi connectivity index (χ3n) is 6.64. The van der Waals surface area contributed by atoms with Crippen molar-refractivity contribution in [3.63, 3.8) is 0 Å². The van der Waals surface area contributed by atoms with Crippen LogP contribution in [0.4, 0.5) is 13.2 Å². The van der Waals surface area contributed by atoms with Crippen molar-refractivity contribution in [3.05, 3.63) is 0 Å². The largest absolute Gasteiger partial charge is 0.522 e. The first-order chi connectivity index (χ1) is 14.0. The molecule has 5 atom stereocenters. The molecule has 2 aliphatic heterocycles. The highest BCUT2D eigenvalue weighted by atomic mass is 19.4. The number of alkyl halides is 3. The summed E-state index contributed by atoms with van der Waals surface area (Å²) < 4.78 is 41.1. The Morgan fingerprint density at radius 3 is 2.57 bits per heavy atom. The lowest BCUT2D eigenvalue weighted by Gasteiger charge is -2.22. The van der Waals surface area contributed by atoms with Crippen LogP contribution in [0.1, 0.15) is 39.0 Å². The van der Waals surface area contributed by atoms with E-state index in [-0.39, 0.29) is 43.5 Å². The van der Waals surface area contributed by atoms with Crippen LogP contribution in [0, 0.1) is 23.2 Å². The zero-order chi connectivity index (χ0) is 22.3. The fourth-order valence-corrected chi connectivity index (χ4v) is 5.05. The summed E-state index contributed by atoms with van der Waals surface area (Å²) in [5, 5.41) is 2.67. The summed E-state index contributed by atoms with van der Waals surface area (Å²) in [4.78, 5) is 50.2. The van der Waals surface area contributed by atoms with Crippen LogP contribution in [-0.2, 0) is 23.9 Å². The maximum absolute atomic E-state index is 12.7. The lowest BCUT2D eigenvalue weighted by Crippen LogP contribution is -2.43. The number of rotatable bonds is 8. The minimum absolute atomic E-state index is 0.126. The molecule has 3 fully saturated rings. The van der Waals surface area contributed by atoms with Crippen LogP contribution in [0.5, 0.6) is 0 Å². The Hall–Kier alpha value is -2.17. The Bertz CT molecular complexity index is 743. The summed E-state index contributed by atoms with van der Waals surface area (Å²) in [5.41, 5.74) is 4.92. The Morgan fingerprint density at radius 2 is 2.03 bits per heavy atom. The number of ketones is 1. The van der Waals surface area contributed by atoms with E-state index in [4.69, 9.17) is 5.73 Å². The number of ether oxygens (including phenoxy) is 1. The third kappa shape index (κ3) is 4.60. The summed E-state index contributed by atoms with van der Waals surface area (Å²) in [5.74, 6) is -3.41. The third-order valence-corrected chi connectivity index (χ3v) is 6.64. The minimum atomic E-state index is -4.93. The first kappa shape index (κ1) is 22.5. The molecule has 3 amide bonds. The average Bonchev–Trinajstić information content (AvgIpc) is 2.97. The van der Waals surface area contributed by atoms with Gasteiger partial charge in [0.25, 0.3) is 0 Å². The fraction of sp³-hybridized carbons (Fsp3) is 0.789. The average molecular weight is 433 g/mol. The van der Waals surface area contributed by atoms with Crippen molar-refractivity contribution >= 4 is 23.5 Å². The summed E-state index contributed by atoms with van der Waals surface area (Å²) in [7, 11) is 0. The second-order valence-corrected chi connectivity index (χ2v) is 8.49. The van der Waals surface area contributed by atoms with Crippen molar-refractivity contribution in [3.8, 4) is 0 Å². The second kappa shape index (κ2) is 8.16. The quantitative estimate of drug-likeness (QED) is 0.585. The van der Waals surface area contributed by atoms with Crippen molar-refractivity contribution in [1.29, 1.82) is 0 Å². The molecule has 3 N–H and O–H groups in total. The number of likely N-dealkylation sites (tertiary alicyclic amines) is 1. The molecule has 0 radical (unpaired) electrons. The summed E-state index contributed by atoms with van der Waals surface area (Å²) in [6, 6.07) is -0.792. The van der Waals surface area contributed by atoms with Gasteiger partial charge < -0.3 is 16.0 Å². The lowest BCUT2D eigenvalue weighted by molar-refractivity contribution is -0.321. The van der Waals surface area contributed by atoms with E-state index in [0.29, 0.717) is 19.4 Å². The van der Waals surface area contributed by atoms with Gasteiger partial charge in [0.2, 0.25) is 17.7 Å². The number of halogens is 3. The van der Waals surface area contributed by atoms with Gasteiger partial charge in [0.05, 0.1) is 0 Å². The predicted octanol–water partition coefficient (Wildman–Crippen LogP) is 0.737. The summed E-state index contributed by atoms with van der Waals surface area (Å²) in [6.07, 6.45) is -3.34. The number of hydrogen-bond donors (Lipinski definition) is 2. The first-order valence-electron chi connectivity index (χ1n) is 10.1. The van der Waals surface area contributed by atoms with Gasteiger partial charge in [0.15, 0.2) is 5.78 Å². The molecule has 3 rings (SSSR count). The van der Waals surface area contributed by atoms with Gasteiger partial charge in [0, 0.05) is 31.3 Å². The molecule has 1 aliphatic carbocycles. The molecule has 8 nitrogen and oxygen atoms in total. The lowest BCUT2D eigenvalue weighted by atomic mass is 9.83. The van der Waals surface area contributed by atoms with Crippen LogP contribution in [0.25, 0.3) is 0 Å². The minimum Gasteiger partial charge on any atom is -0.368 e. The van der Waals surface area contributed by atoms with Gasteiger partial charge in [-0.25, -0.2) is 0 Å². The molecule has 11 heteroatoms. The van der Waals surface area contributed by atoms with E-state index in [2.05, 4.69) is 10.1 Å². The number of amides is 3. The van der Waals surface area contributed by atoms with E-state index in [1.54, 1.807) is 6.92 Å². The normalized spacial score (nSPS) is 31.7. The molecule has 1 saturated carbocycles. The Kier molecular flexibility index (Phi) is 6.13. The molecular formula is C19H26F3N3O5. The molecule has 168 valence electrons. The van der Waals surface area contributed by atoms with E-state index in [1.807, 2.05) is 0 Å². The van der Waals surface area contributed by atoms with E-state index in [9.17, 15) is 32.3 Å². The zero-order valence-corrected chi connectivity index (χ0v) is 16.7. The van der Waals surface area contributed by atoms with Crippen LogP contribution in [-0.4, -0.2) is 60.5 Å². The van der Waals surface area contributed by atoms with Crippen LogP contribution in [0.3, 0.4) is 0 Å². The number of nitrogens with zero attached hydrogens (tertiary/aromatic N) is 1. The van der Waals surface area contributed by atoms with E-state index in [1.165, 1.54) is 4.90 Å². The second-order valence-electron chi connectivity index (χ2n) is 8.49. The van der Waals surface area contributed by atoms with Crippen LogP contribution < -0.4 is 11.1 Å². The van der Waals surface area contributed by atoms with E-state index in [0.717, 1.165) is 0 Å². The van der Waals surface area contributed by atoms with E-state index < -0.39 is 48.0 Å². The molecule has 0 bridgehead atoms. The Balaban J connectivity index is 1.77. The molecule has 30 heavy (non-hydrogen) atoms. The van der Waals surface area contributed by atoms with Crippen molar-refractivity contribution in [1.82, 2.24) is 10.2 Å². The van der Waals surface area contributed by atoms with Crippen LogP contribution in [0.2, 0.25) is 0 Å². The van der Waals surface area contributed by atoms with Gasteiger partial charge in [-0.2, -0.15) is 0 Å². The van der Waals surface area contributed by atoms with Crippen molar-refractivity contribution in [2.45, 2.75) is 51.4 Å². The van der Waals surface area contributed by atoms with Gasteiger partial charge in [-0.05, 0) is 37.0 Å². The molecule has 3 aliphatic rings. The van der Waals surface area contributed by atoms with Crippen molar-refractivity contribution in [2.75, 3.05) is 19.7 Å². The Labute approximate surface area is 171 Å². The molecule has 0 aromatic rings. The van der Waals surface area contributed by atoms with Crippen molar-refractivity contribution < 1.29 is 37.1 Å². The van der Waals surface area contributed by atoms with Gasteiger partial charge in [-0.1, -0.05) is 6.92 Å². The molecule has 0 aromatic heterocycles. The fourth-order valence-electron chi connectivity index (χ4n) is 5.05. The van der Waals surface area contributed by atoms with Gasteiger partial charge in [-0.3, -0.25) is 23.9 Å². The van der Waals surface area contributed by atoms with Gasteiger partial charge in [0.1, 0.15) is 12.6 Å². The van der Waals surface area contributed by atoms with Crippen LogP contribution >= 0.6 is 0 Å². The molecule has 2 heterocycles. The number of nitrogens with two attached hydrogens (primary N) is 1. The molecule has 0 aromatic carbocycles. The van der Waals surface area contributed by atoms with E-state index >= 15 is 0 Å². The standard InChI is InChI=1S/C19H26F3N3O5/c1-2-15(27)25-9-18(7-13(25)16(23)28)6-12(18)11(5-10-3-4-24-17(10)29)14(26)8-30-19(20,21)22/h10-13H,2-9H2,1H3,(H2,23,28)(H,24,29)/t10-,11+,12?,13?,18?/m1/s1.